The number of anilines is 1. The summed E-state index contributed by atoms with van der Waals surface area (Å²) < 4.78 is 5.23. The van der Waals surface area contributed by atoms with E-state index in [2.05, 4.69) is 0 Å². The summed E-state index contributed by atoms with van der Waals surface area (Å²) in [5.41, 5.74) is 0.810. The minimum atomic E-state index is -0.841. The summed E-state index contributed by atoms with van der Waals surface area (Å²) in [6.45, 7) is 3.56. The third-order valence-electron chi connectivity index (χ3n) is 3.02. The van der Waals surface area contributed by atoms with E-state index in [9.17, 15) is 9.59 Å². The Balaban J connectivity index is 2.58. The van der Waals surface area contributed by atoms with Gasteiger partial charge in [-0.2, -0.15) is 0 Å². The fraction of sp³-hybridized carbons (Fsp3) is 0.500. The molecule has 21 heavy (non-hydrogen) atoms. The van der Waals surface area contributed by atoms with Crippen molar-refractivity contribution in [3.05, 3.63) is 30.3 Å². The molecule has 1 amide bonds. The predicted molar refractivity (Wildman–Crippen MR) is 81.4 cm³/mol. The van der Waals surface area contributed by atoms with E-state index in [1.807, 2.05) is 37.3 Å². The van der Waals surface area contributed by atoms with Crippen LogP contribution in [0, 0.1) is 0 Å². The lowest BCUT2D eigenvalue weighted by Crippen LogP contribution is -2.32. The molecule has 0 aliphatic heterocycles. The van der Waals surface area contributed by atoms with Crippen LogP contribution in [0.15, 0.2) is 30.3 Å². The lowest BCUT2D eigenvalue weighted by molar-refractivity contribution is -0.137. The minimum absolute atomic E-state index is 0.00583. The zero-order valence-corrected chi connectivity index (χ0v) is 12.5. The summed E-state index contributed by atoms with van der Waals surface area (Å²) in [6, 6.07) is 9.35. The van der Waals surface area contributed by atoms with Gasteiger partial charge in [-0.25, -0.2) is 0 Å². The highest BCUT2D eigenvalue weighted by Crippen LogP contribution is 2.16. The van der Waals surface area contributed by atoms with Crippen LogP contribution in [-0.4, -0.2) is 36.7 Å². The normalized spacial score (nSPS) is 10.3. The monoisotopic (exact) mass is 293 g/mol. The zero-order chi connectivity index (χ0) is 15.5. The van der Waals surface area contributed by atoms with E-state index in [0.717, 1.165) is 5.69 Å². The van der Waals surface area contributed by atoms with Gasteiger partial charge < -0.3 is 14.7 Å². The van der Waals surface area contributed by atoms with E-state index < -0.39 is 5.97 Å². The van der Waals surface area contributed by atoms with Crippen molar-refractivity contribution in [3.8, 4) is 0 Å². The third-order valence-corrected chi connectivity index (χ3v) is 3.02. The molecule has 0 heterocycles. The first-order valence-electron chi connectivity index (χ1n) is 7.30. The van der Waals surface area contributed by atoms with Crippen LogP contribution >= 0.6 is 0 Å². The number of para-hydroxylation sites is 1. The lowest BCUT2D eigenvalue weighted by Gasteiger charge is -2.22. The summed E-state index contributed by atoms with van der Waals surface area (Å²) in [4.78, 5) is 24.6. The Labute approximate surface area is 125 Å². The fourth-order valence-corrected chi connectivity index (χ4v) is 2.00. The van der Waals surface area contributed by atoms with E-state index in [1.54, 1.807) is 4.90 Å². The van der Waals surface area contributed by atoms with Gasteiger partial charge in [0.1, 0.15) is 0 Å². The number of benzene rings is 1. The average molecular weight is 293 g/mol. The molecule has 0 spiro atoms. The topological polar surface area (TPSA) is 66.8 Å². The van der Waals surface area contributed by atoms with Gasteiger partial charge in [0.05, 0.1) is 0 Å². The quantitative estimate of drug-likeness (QED) is 0.674. The molecule has 5 heteroatoms. The average Bonchev–Trinajstić information content (AvgIpc) is 2.48. The first kappa shape index (κ1) is 17.2. The van der Waals surface area contributed by atoms with Gasteiger partial charge in [0.2, 0.25) is 5.91 Å². The van der Waals surface area contributed by atoms with Crippen molar-refractivity contribution < 1.29 is 19.4 Å². The Morgan fingerprint density at radius 2 is 1.86 bits per heavy atom. The summed E-state index contributed by atoms with van der Waals surface area (Å²) in [7, 11) is 0. The molecule has 1 aromatic carbocycles. The van der Waals surface area contributed by atoms with E-state index in [1.165, 1.54) is 0 Å². The molecule has 0 saturated carbocycles. The highest BCUT2D eigenvalue weighted by Gasteiger charge is 2.15. The Bertz CT molecular complexity index is 433. The maximum absolute atomic E-state index is 12.3. The van der Waals surface area contributed by atoms with Crippen LogP contribution < -0.4 is 4.90 Å². The van der Waals surface area contributed by atoms with Crippen LogP contribution in [0.25, 0.3) is 0 Å². The number of hydrogen-bond acceptors (Lipinski definition) is 3. The molecule has 1 aromatic rings. The summed E-state index contributed by atoms with van der Waals surface area (Å²) in [5, 5.41) is 8.72. The van der Waals surface area contributed by atoms with Gasteiger partial charge in [-0.05, 0) is 31.9 Å². The Kier molecular flexibility index (Phi) is 8.12. The molecular weight excluding hydrogens is 270 g/mol. The number of amides is 1. The maximum Gasteiger partial charge on any atom is 0.303 e. The van der Waals surface area contributed by atoms with Crippen LogP contribution in [0.3, 0.4) is 0 Å². The zero-order valence-electron chi connectivity index (χ0n) is 12.5. The molecule has 0 aliphatic rings. The van der Waals surface area contributed by atoms with Gasteiger partial charge in [0.15, 0.2) is 0 Å². The van der Waals surface area contributed by atoms with Gasteiger partial charge in [-0.3, -0.25) is 9.59 Å². The van der Waals surface area contributed by atoms with E-state index in [0.29, 0.717) is 39.0 Å². The van der Waals surface area contributed by atoms with Crippen LogP contribution in [0.1, 0.15) is 32.6 Å². The molecule has 0 aromatic heterocycles. The number of hydrogen-bond donors (Lipinski definition) is 1. The number of nitrogens with zero attached hydrogens (tertiary/aromatic N) is 1. The largest absolute Gasteiger partial charge is 0.481 e. The third kappa shape index (κ3) is 6.90. The van der Waals surface area contributed by atoms with Gasteiger partial charge in [-0.1, -0.05) is 18.2 Å². The smallest absolute Gasteiger partial charge is 0.303 e. The van der Waals surface area contributed by atoms with Gasteiger partial charge in [0, 0.05) is 38.3 Å². The molecule has 0 unspecified atom stereocenters. The molecule has 0 fully saturated rings. The summed E-state index contributed by atoms with van der Waals surface area (Å²) in [6.07, 6.45) is 1.59. The van der Waals surface area contributed by atoms with Crippen LogP contribution in [0.5, 0.6) is 0 Å². The number of carboxylic acid groups (broad SMARTS) is 1. The summed E-state index contributed by atoms with van der Waals surface area (Å²) in [5.74, 6) is -0.835. The van der Waals surface area contributed by atoms with E-state index in [-0.39, 0.29) is 12.3 Å². The standard InChI is InChI=1S/C16H23NO4/c1-2-21-13-7-10-15(18)17(12-6-11-16(19)20)14-8-4-3-5-9-14/h3-5,8-9H,2,6-7,10-13H2,1H3,(H,19,20). The number of aliphatic carboxylic acids is 1. The number of carbonyl (C=O) groups is 2. The molecule has 1 rings (SSSR count). The predicted octanol–water partition coefficient (Wildman–Crippen LogP) is 2.70. The Hall–Kier alpha value is -1.88. The highest BCUT2D eigenvalue weighted by atomic mass is 16.5. The van der Waals surface area contributed by atoms with Crippen LogP contribution in [0.4, 0.5) is 5.69 Å². The Morgan fingerprint density at radius 1 is 1.14 bits per heavy atom. The second-order valence-corrected chi connectivity index (χ2v) is 4.68. The van der Waals surface area contributed by atoms with Crippen molar-refractivity contribution in [2.45, 2.75) is 32.6 Å². The van der Waals surface area contributed by atoms with Crippen molar-refractivity contribution in [3.63, 3.8) is 0 Å². The molecular formula is C16H23NO4. The Morgan fingerprint density at radius 3 is 2.48 bits per heavy atom. The molecule has 116 valence electrons. The SMILES string of the molecule is CCOCCCC(=O)N(CCCC(=O)O)c1ccccc1. The van der Waals surface area contributed by atoms with Crippen molar-refractivity contribution in [2.24, 2.45) is 0 Å². The van der Waals surface area contributed by atoms with Crippen molar-refractivity contribution in [1.29, 1.82) is 0 Å². The number of carbonyl (C=O) groups excluding carboxylic acids is 1. The van der Waals surface area contributed by atoms with Crippen molar-refractivity contribution in [2.75, 3.05) is 24.7 Å². The highest BCUT2D eigenvalue weighted by molar-refractivity contribution is 5.93. The number of ether oxygens (including phenoxy) is 1. The number of rotatable bonds is 10. The van der Waals surface area contributed by atoms with E-state index >= 15 is 0 Å². The molecule has 0 aliphatic carbocycles. The minimum Gasteiger partial charge on any atom is -0.481 e. The first-order valence-corrected chi connectivity index (χ1v) is 7.30. The summed E-state index contributed by atoms with van der Waals surface area (Å²) >= 11 is 0. The fourth-order valence-electron chi connectivity index (χ4n) is 2.00. The second kappa shape index (κ2) is 9.94. The van der Waals surface area contributed by atoms with E-state index in [4.69, 9.17) is 9.84 Å². The van der Waals surface area contributed by atoms with Gasteiger partial charge >= 0.3 is 5.97 Å². The van der Waals surface area contributed by atoms with Crippen molar-refractivity contribution in [1.82, 2.24) is 0 Å². The van der Waals surface area contributed by atoms with Crippen LogP contribution in [0.2, 0.25) is 0 Å². The van der Waals surface area contributed by atoms with Gasteiger partial charge in [-0.15, -0.1) is 0 Å². The molecule has 5 nitrogen and oxygen atoms in total. The lowest BCUT2D eigenvalue weighted by atomic mass is 10.2. The van der Waals surface area contributed by atoms with Gasteiger partial charge in [0.25, 0.3) is 0 Å². The molecule has 0 atom stereocenters. The van der Waals surface area contributed by atoms with Crippen molar-refractivity contribution >= 4 is 17.6 Å². The molecule has 0 radical (unpaired) electrons. The molecule has 1 N–H and O–H groups in total. The number of carboxylic acids is 1. The molecule has 0 bridgehead atoms. The second-order valence-electron chi connectivity index (χ2n) is 4.68. The maximum atomic E-state index is 12.3. The van der Waals surface area contributed by atoms with Crippen LogP contribution in [-0.2, 0) is 14.3 Å². The first-order chi connectivity index (χ1) is 10.1. The molecule has 0 saturated heterocycles.